The molecule has 0 N–H and O–H groups in total. The zero-order chi connectivity index (χ0) is 15.4. The molecule has 0 bridgehead atoms. The minimum Gasteiger partial charge on any atom is -0.0490 e. The molecule has 0 nitrogen and oxygen atoms in total. The van der Waals surface area contributed by atoms with E-state index in [-0.39, 0.29) is 0 Å². The smallest absolute Gasteiger partial charge is 0.0172 e. The van der Waals surface area contributed by atoms with Crippen LogP contribution in [0, 0.1) is 42.0 Å². The molecule has 0 atom stereocenters. The highest BCUT2D eigenvalue weighted by atomic mass is 127. The van der Waals surface area contributed by atoms with Crippen molar-refractivity contribution in [2.45, 2.75) is 27.7 Å². The van der Waals surface area contributed by atoms with Gasteiger partial charge in [-0.3, -0.25) is 0 Å². The lowest BCUT2D eigenvalue weighted by Crippen LogP contribution is -1.86. The van der Waals surface area contributed by atoms with Crippen molar-refractivity contribution in [2.24, 2.45) is 0 Å². The van der Waals surface area contributed by atoms with Crippen LogP contribution >= 0.6 is 90.4 Å². The van der Waals surface area contributed by atoms with E-state index in [9.17, 15) is 0 Å². The van der Waals surface area contributed by atoms with Crippen molar-refractivity contribution >= 4 is 90.4 Å². The first-order chi connectivity index (χ1) is 9.22. The summed E-state index contributed by atoms with van der Waals surface area (Å²) in [6.07, 6.45) is 0. The molecule has 0 saturated heterocycles. The second-order valence-electron chi connectivity index (χ2n) is 4.71. The molecule has 108 valence electrons. The fraction of sp³-hybridized carbons (Fsp3) is 0.250. The molecule has 20 heavy (non-hydrogen) atoms. The molecule has 0 saturated carbocycles. The largest absolute Gasteiger partial charge is 0.0490 e. The number of rotatable bonds is 0. The molecule has 0 radical (unpaired) electrons. The SMILES string of the molecule is Cc1cc(I)c(C)c(I)c1.Cc1cc(I)c(C)c(I)c1. The third-order valence-corrected chi connectivity index (χ3v) is 7.33. The maximum atomic E-state index is 2.37. The third-order valence-electron chi connectivity index (χ3n) is 2.85. The van der Waals surface area contributed by atoms with Crippen molar-refractivity contribution in [1.29, 1.82) is 0 Å². The minimum atomic E-state index is 1.35. The summed E-state index contributed by atoms with van der Waals surface area (Å²) in [4.78, 5) is 0. The molecule has 0 aromatic heterocycles. The van der Waals surface area contributed by atoms with E-state index >= 15 is 0 Å². The molecule has 0 aliphatic heterocycles. The second-order valence-corrected chi connectivity index (χ2v) is 9.36. The lowest BCUT2D eigenvalue weighted by molar-refractivity contribution is 1.33. The van der Waals surface area contributed by atoms with Gasteiger partial charge in [0, 0.05) is 14.3 Å². The summed E-state index contributed by atoms with van der Waals surface area (Å²) < 4.78 is 5.45. The summed E-state index contributed by atoms with van der Waals surface area (Å²) in [5.41, 5.74) is 5.48. The van der Waals surface area contributed by atoms with Crippen molar-refractivity contribution in [1.82, 2.24) is 0 Å². The van der Waals surface area contributed by atoms with Crippen LogP contribution in [-0.4, -0.2) is 0 Å². The highest BCUT2D eigenvalue weighted by molar-refractivity contribution is 14.1. The van der Waals surface area contributed by atoms with E-state index in [4.69, 9.17) is 0 Å². The average molecular weight is 716 g/mol. The number of hydrogen-bond donors (Lipinski definition) is 0. The highest BCUT2D eigenvalue weighted by Gasteiger charge is 1.99. The molecule has 0 aliphatic rings. The van der Waals surface area contributed by atoms with Gasteiger partial charge in [0.15, 0.2) is 0 Å². The predicted octanol–water partition coefficient (Wildman–Crippen LogP) is 7.03. The van der Waals surface area contributed by atoms with Crippen molar-refractivity contribution in [3.05, 3.63) is 60.8 Å². The van der Waals surface area contributed by atoms with E-state index in [1.807, 2.05) is 0 Å². The van der Waals surface area contributed by atoms with E-state index in [0.717, 1.165) is 0 Å². The first kappa shape index (κ1) is 19.4. The van der Waals surface area contributed by atoms with Crippen LogP contribution < -0.4 is 0 Å². The van der Waals surface area contributed by atoms with Gasteiger partial charge in [0.25, 0.3) is 0 Å². The molecule has 0 fully saturated rings. The number of aryl methyl sites for hydroxylation is 2. The monoisotopic (exact) mass is 716 g/mol. The van der Waals surface area contributed by atoms with Crippen LogP contribution in [0.1, 0.15) is 22.3 Å². The lowest BCUT2D eigenvalue weighted by Gasteiger charge is -2.02. The van der Waals surface area contributed by atoms with Crippen molar-refractivity contribution in [3.8, 4) is 0 Å². The van der Waals surface area contributed by atoms with E-state index in [0.29, 0.717) is 0 Å². The van der Waals surface area contributed by atoms with E-state index in [2.05, 4.69) is 142 Å². The Hall–Kier alpha value is 1.36. The van der Waals surface area contributed by atoms with Crippen molar-refractivity contribution < 1.29 is 0 Å². The van der Waals surface area contributed by atoms with Crippen molar-refractivity contribution in [2.75, 3.05) is 0 Å². The van der Waals surface area contributed by atoms with Gasteiger partial charge >= 0.3 is 0 Å². The van der Waals surface area contributed by atoms with Gasteiger partial charge in [-0.1, -0.05) is 0 Å². The molecular weight excluding hydrogens is 700 g/mol. The maximum absolute atomic E-state index is 2.37. The molecule has 0 spiro atoms. The summed E-state index contributed by atoms with van der Waals surface area (Å²) in [6, 6.07) is 8.83. The van der Waals surface area contributed by atoms with Crippen molar-refractivity contribution in [3.63, 3.8) is 0 Å². The van der Waals surface area contributed by atoms with Gasteiger partial charge in [0.1, 0.15) is 0 Å². The van der Waals surface area contributed by atoms with Crippen LogP contribution in [0.4, 0.5) is 0 Å². The summed E-state index contributed by atoms with van der Waals surface area (Å²) in [7, 11) is 0. The third kappa shape index (κ3) is 5.86. The van der Waals surface area contributed by atoms with E-state index in [1.165, 1.54) is 36.5 Å². The quantitative estimate of drug-likeness (QED) is 0.258. The zero-order valence-electron chi connectivity index (χ0n) is 11.8. The maximum Gasteiger partial charge on any atom is 0.0172 e. The Bertz CT molecular complexity index is 516. The fourth-order valence-corrected chi connectivity index (χ4v) is 5.70. The van der Waals surface area contributed by atoms with E-state index < -0.39 is 0 Å². The molecule has 2 aromatic carbocycles. The Morgan fingerprint density at radius 3 is 0.900 bits per heavy atom. The van der Waals surface area contributed by atoms with Gasteiger partial charge in [0.05, 0.1) is 0 Å². The van der Waals surface area contributed by atoms with Gasteiger partial charge in [-0.15, -0.1) is 0 Å². The summed E-state index contributed by atoms with van der Waals surface area (Å²) >= 11 is 9.48. The van der Waals surface area contributed by atoms with Gasteiger partial charge in [0.2, 0.25) is 0 Å². The normalized spacial score (nSPS) is 10.0. The van der Waals surface area contributed by atoms with Crippen LogP contribution in [-0.2, 0) is 0 Å². The first-order valence-corrected chi connectivity index (χ1v) is 10.4. The molecule has 2 aromatic rings. The Kier molecular flexibility index (Phi) is 8.59. The molecule has 2 rings (SSSR count). The van der Waals surface area contributed by atoms with Gasteiger partial charge in [-0.25, -0.2) is 0 Å². The van der Waals surface area contributed by atoms with Crippen LogP contribution in [0.25, 0.3) is 0 Å². The fourth-order valence-electron chi connectivity index (χ4n) is 1.54. The highest BCUT2D eigenvalue weighted by Crippen LogP contribution is 2.20. The second kappa shape index (κ2) is 8.85. The average Bonchev–Trinajstić information content (AvgIpc) is 2.33. The molecule has 0 unspecified atom stereocenters. The summed E-state index contributed by atoms with van der Waals surface area (Å²) in [6.45, 7) is 8.57. The Morgan fingerprint density at radius 1 is 0.500 bits per heavy atom. The first-order valence-electron chi connectivity index (χ1n) is 6.07. The molecule has 0 amide bonds. The van der Waals surface area contributed by atoms with Crippen LogP contribution in [0.3, 0.4) is 0 Å². The van der Waals surface area contributed by atoms with Gasteiger partial charge < -0.3 is 0 Å². The molecule has 4 heteroatoms. The zero-order valence-corrected chi connectivity index (χ0v) is 20.5. The Balaban J connectivity index is 0.000000200. The van der Waals surface area contributed by atoms with Gasteiger partial charge in [-0.05, 0) is 165 Å². The Labute approximate surface area is 176 Å². The minimum absolute atomic E-state index is 1.35. The number of halogens is 4. The van der Waals surface area contributed by atoms with Crippen LogP contribution in [0.15, 0.2) is 24.3 Å². The standard InChI is InChI=1S/2C8H8I2/c2*1-5-3-7(9)6(2)8(10)4-5/h2*3-4H,1-2H3. The molecule has 0 aliphatic carbocycles. The summed E-state index contributed by atoms with van der Waals surface area (Å²) in [5, 5.41) is 0. The molecular formula is C16H16I4. The number of hydrogen-bond acceptors (Lipinski definition) is 0. The van der Waals surface area contributed by atoms with Gasteiger partial charge in [-0.2, -0.15) is 0 Å². The molecule has 0 heterocycles. The number of benzene rings is 2. The van der Waals surface area contributed by atoms with Crippen LogP contribution in [0.5, 0.6) is 0 Å². The van der Waals surface area contributed by atoms with E-state index in [1.54, 1.807) is 0 Å². The Morgan fingerprint density at radius 2 is 0.700 bits per heavy atom. The summed E-state index contributed by atoms with van der Waals surface area (Å²) in [5.74, 6) is 0. The predicted molar refractivity (Wildman–Crippen MR) is 123 cm³/mol. The van der Waals surface area contributed by atoms with Crippen LogP contribution in [0.2, 0.25) is 0 Å². The topological polar surface area (TPSA) is 0 Å². The lowest BCUT2D eigenvalue weighted by atomic mass is 10.2.